The van der Waals surface area contributed by atoms with Gasteiger partial charge in [0.15, 0.2) is 0 Å². The lowest BCUT2D eigenvalue weighted by Crippen LogP contribution is -2.18. The maximum Gasteiger partial charge on any atom is 0.123 e. The molecule has 2 aromatic rings. The lowest BCUT2D eigenvalue weighted by molar-refractivity contribution is 0.219. The van der Waals surface area contributed by atoms with E-state index in [1.165, 1.54) is 5.56 Å². The van der Waals surface area contributed by atoms with Crippen LogP contribution >= 0.6 is 15.9 Å². The van der Waals surface area contributed by atoms with Crippen LogP contribution in [0.15, 0.2) is 40.9 Å². The van der Waals surface area contributed by atoms with E-state index >= 15 is 0 Å². The third-order valence-electron chi connectivity index (χ3n) is 4.17. The van der Waals surface area contributed by atoms with Gasteiger partial charge in [-0.2, -0.15) is 0 Å². The van der Waals surface area contributed by atoms with Crippen LogP contribution in [-0.2, 0) is 5.41 Å². The molecule has 0 saturated heterocycles. The van der Waals surface area contributed by atoms with Crippen molar-refractivity contribution in [1.82, 2.24) is 0 Å². The van der Waals surface area contributed by atoms with Crippen LogP contribution < -0.4 is 4.74 Å². The maximum atomic E-state index is 10.7. The first-order valence-electron chi connectivity index (χ1n) is 7.10. The molecule has 2 aromatic carbocycles. The van der Waals surface area contributed by atoms with Gasteiger partial charge < -0.3 is 9.84 Å². The monoisotopic (exact) mass is 346 g/mol. The van der Waals surface area contributed by atoms with Gasteiger partial charge in [-0.1, -0.05) is 41.9 Å². The summed E-state index contributed by atoms with van der Waals surface area (Å²) in [5, 5.41) is 10.7. The van der Waals surface area contributed by atoms with Crippen molar-refractivity contribution in [2.24, 2.45) is 0 Å². The zero-order chi connectivity index (χ0) is 15.2. The molecular weight excluding hydrogens is 328 g/mol. The smallest absolute Gasteiger partial charge is 0.123 e. The second-order valence-corrected chi connectivity index (χ2v) is 7.25. The van der Waals surface area contributed by atoms with Crippen molar-refractivity contribution < 1.29 is 9.84 Å². The van der Waals surface area contributed by atoms with Crippen molar-refractivity contribution in [2.75, 3.05) is 6.61 Å². The van der Waals surface area contributed by atoms with Gasteiger partial charge in [-0.05, 0) is 47.9 Å². The molecule has 0 saturated carbocycles. The maximum absolute atomic E-state index is 10.7. The van der Waals surface area contributed by atoms with E-state index in [-0.39, 0.29) is 5.41 Å². The molecule has 0 radical (unpaired) electrons. The first-order chi connectivity index (χ1) is 9.88. The Kier molecular flexibility index (Phi) is 3.58. The number of hydrogen-bond donors (Lipinski definition) is 1. The molecule has 1 aliphatic heterocycles. The Morgan fingerprint density at radius 3 is 2.71 bits per heavy atom. The Hall–Kier alpha value is -1.32. The molecule has 0 amide bonds. The molecule has 0 aliphatic carbocycles. The second kappa shape index (κ2) is 5.15. The highest BCUT2D eigenvalue weighted by Crippen LogP contribution is 2.40. The van der Waals surface area contributed by atoms with Crippen molar-refractivity contribution in [3.63, 3.8) is 0 Å². The third-order valence-corrected chi connectivity index (χ3v) is 4.67. The molecule has 21 heavy (non-hydrogen) atoms. The minimum atomic E-state index is -0.621. The summed E-state index contributed by atoms with van der Waals surface area (Å²) in [6, 6.07) is 12.0. The fraction of sp³-hybridized carbons (Fsp3) is 0.333. The molecule has 110 valence electrons. The highest BCUT2D eigenvalue weighted by molar-refractivity contribution is 9.10. The van der Waals surface area contributed by atoms with Crippen LogP contribution in [0.25, 0.3) is 0 Å². The van der Waals surface area contributed by atoms with Gasteiger partial charge in [0.2, 0.25) is 0 Å². The topological polar surface area (TPSA) is 29.5 Å². The van der Waals surface area contributed by atoms with E-state index in [9.17, 15) is 5.11 Å². The van der Waals surface area contributed by atoms with E-state index in [2.05, 4.69) is 35.8 Å². The van der Waals surface area contributed by atoms with Crippen molar-refractivity contribution in [3.05, 3.63) is 63.1 Å². The number of aryl methyl sites for hydroxylation is 1. The summed E-state index contributed by atoms with van der Waals surface area (Å²) in [7, 11) is 0. The number of hydrogen-bond acceptors (Lipinski definition) is 2. The number of aliphatic hydroxyl groups is 1. The van der Waals surface area contributed by atoms with E-state index in [1.54, 1.807) is 0 Å². The largest absolute Gasteiger partial charge is 0.492 e. The van der Waals surface area contributed by atoms with Gasteiger partial charge in [0.1, 0.15) is 11.9 Å². The minimum absolute atomic E-state index is 0.00260. The van der Waals surface area contributed by atoms with Crippen LogP contribution in [0.1, 0.15) is 42.2 Å². The van der Waals surface area contributed by atoms with Gasteiger partial charge in [0, 0.05) is 15.5 Å². The molecule has 2 nitrogen and oxygen atoms in total. The predicted molar refractivity (Wildman–Crippen MR) is 87.9 cm³/mol. The van der Waals surface area contributed by atoms with Crippen LogP contribution in [0.3, 0.4) is 0 Å². The van der Waals surface area contributed by atoms with Gasteiger partial charge in [-0.15, -0.1) is 0 Å². The first-order valence-corrected chi connectivity index (χ1v) is 7.89. The average molecular weight is 347 g/mol. The van der Waals surface area contributed by atoms with Crippen LogP contribution in [0.2, 0.25) is 0 Å². The highest BCUT2D eigenvalue weighted by atomic mass is 79.9. The van der Waals surface area contributed by atoms with Gasteiger partial charge >= 0.3 is 0 Å². The van der Waals surface area contributed by atoms with Crippen LogP contribution in [0, 0.1) is 6.92 Å². The van der Waals surface area contributed by atoms with E-state index in [0.717, 1.165) is 26.9 Å². The number of benzene rings is 2. The zero-order valence-corrected chi connectivity index (χ0v) is 14.1. The summed E-state index contributed by atoms with van der Waals surface area (Å²) in [5.41, 5.74) is 4.10. The Morgan fingerprint density at radius 2 is 1.95 bits per heavy atom. The molecule has 3 rings (SSSR count). The Labute approximate surface area is 133 Å². The van der Waals surface area contributed by atoms with Gasteiger partial charge in [0.25, 0.3) is 0 Å². The summed E-state index contributed by atoms with van der Waals surface area (Å²) in [4.78, 5) is 0. The normalized spacial score (nSPS) is 17.2. The quantitative estimate of drug-likeness (QED) is 0.866. The van der Waals surface area contributed by atoms with Crippen LogP contribution in [-0.4, -0.2) is 11.7 Å². The zero-order valence-electron chi connectivity index (χ0n) is 12.5. The molecule has 0 fully saturated rings. The summed E-state index contributed by atoms with van der Waals surface area (Å²) >= 11 is 3.47. The van der Waals surface area contributed by atoms with Crippen molar-refractivity contribution >= 4 is 15.9 Å². The SMILES string of the molecule is Cc1ccc(Br)cc1C(O)c1ccc2c(c1)C(C)(C)CO2. The Morgan fingerprint density at radius 1 is 1.19 bits per heavy atom. The molecule has 3 heteroatoms. The lowest BCUT2D eigenvalue weighted by Gasteiger charge is -2.19. The van der Waals surface area contributed by atoms with Crippen molar-refractivity contribution in [1.29, 1.82) is 0 Å². The number of halogens is 1. The predicted octanol–water partition coefficient (Wildman–Crippen LogP) is 4.51. The molecule has 1 N–H and O–H groups in total. The van der Waals surface area contributed by atoms with Gasteiger partial charge in [0.05, 0.1) is 6.61 Å². The molecular formula is C18H19BrO2. The van der Waals surface area contributed by atoms with Crippen LogP contribution in [0.4, 0.5) is 0 Å². The van der Waals surface area contributed by atoms with E-state index in [4.69, 9.17) is 4.74 Å². The Balaban J connectivity index is 2.03. The molecule has 1 heterocycles. The molecule has 1 unspecified atom stereocenters. The number of ether oxygens (including phenoxy) is 1. The molecule has 0 bridgehead atoms. The average Bonchev–Trinajstić information content (AvgIpc) is 2.76. The van der Waals surface area contributed by atoms with Gasteiger partial charge in [-0.25, -0.2) is 0 Å². The fourth-order valence-electron chi connectivity index (χ4n) is 2.79. The third kappa shape index (κ3) is 2.60. The number of rotatable bonds is 2. The first kappa shape index (κ1) is 14.6. The summed E-state index contributed by atoms with van der Waals surface area (Å²) in [6.45, 7) is 7.04. The summed E-state index contributed by atoms with van der Waals surface area (Å²) < 4.78 is 6.69. The molecule has 0 aromatic heterocycles. The highest BCUT2D eigenvalue weighted by Gasteiger charge is 2.32. The van der Waals surface area contributed by atoms with Crippen LogP contribution in [0.5, 0.6) is 5.75 Å². The minimum Gasteiger partial charge on any atom is -0.492 e. The number of aliphatic hydroxyl groups excluding tert-OH is 1. The molecule has 0 spiro atoms. The molecule has 1 atom stereocenters. The molecule has 1 aliphatic rings. The second-order valence-electron chi connectivity index (χ2n) is 6.33. The van der Waals surface area contributed by atoms with E-state index in [1.807, 2.05) is 37.3 Å². The van der Waals surface area contributed by atoms with Gasteiger partial charge in [-0.3, -0.25) is 0 Å². The van der Waals surface area contributed by atoms with Crippen molar-refractivity contribution in [3.8, 4) is 5.75 Å². The van der Waals surface area contributed by atoms with Crippen molar-refractivity contribution in [2.45, 2.75) is 32.3 Å². The lowest BCUT2D eigenvalue weighted by atomic mass is 9.85. The number of fused-ring (bicyclic) bond motifs is 1. The fourth-order valence-corrected chi connectivity index (χ4v) is 3.17. The van der Waals surface area contributed by atoms with E-state index in [0.29, 0.717) is 6.61 Å². The summed E-state index contributed by atoms with van der Waals surface area (Å²) in [6.07, 6.45) is -0.621. The Bertz CT molecular complexity index is 692. The summed E-state index contributed by atoms with van der Waals surface area (Å²) in [5.74, 6) is 0.932. The standard InChI is InChI=1S/C18H19BrO2/c1-11-4-6-13(19)9-14(11)17(20)12-5-7-16-15(8-12)18(2,3)10-21-16/h4-9,17,20H,10H2,1-3H3. The van der Waals surface area contributed by atoms with E-state index < -0.39 is 6.10 Å².